The number of aromatic amines is 1. The molecule has 0 aliphatic carbocycles. The van der Waals surface area contributed by atoms with Crippen molar-refractivity contribution in [3.63, 3.8) is 0 Å². The second kappa shape index (κ2) is 9.30. The molecule has 4 aromatic rings. The molecule has 1 aromatic carbocycles. The molecule has 4 heterocycles. The summed E-state index contributed by atoms with van der Waals surface area (Å²) in [6.07, 6.45) is -3.25. The third kappa shape index (κ3) is 4.66. The van der Waals surface area contributed by atoms with E-state index in [-0.39, 0.29) is 47.6 Å². The number of H-pyrrole nitrogens is 1. The van der Waals surface area contributed by atoms with E-state index >= 15 is 0 Å². The Hall–Kier alpha value is -3.86. The summed E-state index contributed by atoms with van der Waals surface area (Å²) in [7, 11) is 0. The van der Waals surface area contributed by atoms with E-state index in [0.29, 0.717) is 36.0 Å². The maximum Gasteiger partial charge on any atom is 0.417 e. The summed E-state index contributed by atoms with van der Waals surface area (Å²) < 4.78 is 44.0. The van der Waals surface area contributed by atoms with Crippen molar-refractivity contribution in [1.29, 1.82) is 0 Å². The highest BCUT2D eigenvalue weighted by Crippen LogP contribution is 2.31. The quantitative estimate of drug-likeness (QED) is 0.408. The molecule has 0 radical (unpaired) electrons. The second-order valence-electron chi connectivity index (χ2n) is 8.31. The number of pyridine rings is 1. The fraction of sp³-hybridized carbons (Fsp3) is 0.250. The monoisotopic (exact) mass is 517 g/mol. The topological polar surface area (TPSA) is 104 Å². The molecule has 0 unspecified atom stereocenters. The minimum atomic E-state index is -4.53. The lowest BCUT2D eigenvalue weighted by atomic mass is 10.0. The Balaban J connectivity index is 1.20. The van der Waals surface area contributed by atoms with Gasteiger partial charge in [-0.3, -0.25) is 19.7 Å². The average molecular weight is 518 g/mol. The van der Waals surface area contributed by atoms with E-state index in [9.17, 15) is 22.8 Å². The molecule has 5 rings (SSSR count). The molecule has 8 nitrogen and oxygen atoms in total. The Morgan fingerprint density at radius 3 is 2.78 bits per heavy atom. The van der Waals surface area contributed by atoms with Crippen LogP contribution >= 0.6 is 11.6 Å². The Labute approximate surface area is 207 Å². The molecule has 2 N–H and O–H groups in total. The minimum absolute atomic E-state index is 0.106. The molecule has 1 aliphatic heterocycles. The third-order valence-electron chi connectivity index (χ3n) is 5.96. The van der Waals surface area contributed by atoms with E-state index in [2.05, 4.69) is 20.5 Å². The van der Waals surface area contributed by atoms with Gasteiger partial charge in [-0.25, -0.2) is 0 Å². The molecule has 0 fully saturated rings. The van der Waals surface area contributed by atoms with Crippen molar-refractivity contribution in [3.8, 4) is 0 Å². The van der Waals surface area contributed by atoms with Crippen LogP contribution in [0, 0.1) is 0 Å². The number of amides is 2. The van der Waals surface area contributed by atoms with Crippen LogP contribution in [-0.2, 0) is 25.6 Å². The SMILES string of the molecule is O=C(NCCc1ncc(C(F)(F)F)cc1Cl)c1n[nH]c2c1CCN(C(=O)c1cc3ccccc3o1)C2. The van der Waals surface area contributed by atoms with Gasteiger partial charge in [-0.15, -0.1) is 0 Å². The number of aromatic nitrogens is 3. The molecule has 2 amide bonds. The van der Waals surface area contributed by atoms with Crippen LogP contribution in [0.1, 0.15) is 43.6 Å². The lowest BCUT2D eigenvalue weighted by Crippen LogP contribution is -2.36. The Kier molecular flexibility index (Phi) is 6.17. The number of furan rings is 1. The average Bonchev–Trinajstić information content (AvgIpc) is 3.47. The van der Waals surface area contributed by atoms with Crippen molar-refractivity contribution in [2.75, 3.05) is 13.1 Å². The minimum Gasteiger partial charge on any atom is -0.451 e. The first-order valence-electron chi connectivity index (χ1n) is 11.0. The van der Waals surface area contributed by atoms with Crippen molar-refractivity contribution in [2.24, 2.45) is 0 Å². The Morgan fingerprint density at radius 2 is 2.03 bits per heavy atom. The van der Waals surface area contributed by atoms with Gasteiger partial charge in [0.15, 0.2) is 11.5 Å². The predicted octanol–water partition coefficient (Wildman–Crippen LogP) is 4.39. The molecule has 1 aliphatic rings. The van der Waals surface area contributed by atoms with E-state index in [4.69, 9.17) is 16.0 Å². The second-order valence-corrected chi connectivity index (χ2v) is 8.72. The van der Waals surface area contributed by atoms with Gasteiger partial charge in [0.05, 0.1) is 28.5 Å². The zero-order valence-corrected chi connectivity index (χ0v) is 19.4. The number of benzene rings is 1. The van der Waals surface area contributed by atoms with Gasteiger partial charge in [0.2, 0.25) is 0 Å². The van der Waals surface area contributed by atoms with Crippen LogP contribution in [0.3, 0.4) is 0 Å². The van der Waals surface area contributed by atoms with Gasteiger partial charge in [0, 0.05) is 36.7 Å². The first-order valence-corrected chi connectivity index (χ1v) is 11.4. The van der Waals surface area contributed by atoms with Crippen LogP contribution in [0.5, 0.6) is 0 Å². The van der Waals surface area contributed by atoms with Crippen LogP contribution in [0.2, 0.25) is 5.02 Å². The summed E-state index contributed by atoms with van der Waals surface area (Å²) in [6, 6.07) is 9.88. The zero-order valence-electron chi connectivity index (χ0n) is 18.7. The van der Waals surface area contributed by atoms with Crippen molar-refractivity contribution < 1.29 is 27.2 Å². The molecule has 0 bridgehead atoms. The van der Waals surface area contributed by atoms with Crippen molar-refractivity contribution in [1.82, 2.24) is 25.4 Å². The summed E-state index contributed by atoms with van der Waals surface area (Å²) in [5, 5.41) is 10.4. The normalized spacial score (nSPS) is 13.6. The van der Waals surface area contributed by atoms with Gasteiger partial charge >= 0.3 is 6.18 Å². The smallest absolute Gasteiger partial charge is 0.417 e. The third-order valence-corrected chi connectivity index (χ3v) is 6.29. The van der Waals surface area contributed by atoms with Gasteiger partial charge < -0.3 is 14.6 Å². The van der Waals surface area contributed by atoms with E-state index < -0.39 is 17.6 Å². The van der Waals surface area contributed by atoms with Crippen molar-refractivity contribution in [3.05, 3.63) is 81.6 Å². The summed E-state index contributed by atoms with van der Waals surface area (Å²) in [5.41, 5.74) is 1.53. The zero-order chi connectivity index (χ0) is 25.4. The summed E-state index contributed by atoms with van der Waals surface area (Å²) in [6.45, 7) is 0.736. The molecule has 0 saturated heterocycles. The highest BCUT2D eigenvalue weighted by Gasteiger charge is 2.32. The largest absolute Gasteiger partial charge is 0.451 e. The predicted molar refractivity (Wildman–Crippen MR) is 124 cm³/mol. The maximum atomic E-state index is 12.9. The standard InChI is InChI=1S/C24H19ClF3N5O3/c25-16-10-14(24(26,27)28)11-30-17(16)5-7-29-22(34)21-15-6-8-33(12-18(15)31-32-21)23(35)20-9-13-3-1-2-4-19(13)36-20/h1-4,9-11H,5-8,12H2,(H,29,34)(H,31,32). The molecule has 186 valence electrons. The number of hydrogen-bond acceptors (Lipinski definition) is 5. The number of nitrogens with one attached hydrogen (secondary N) is 2. The molecule has 36 heavy (non-hydrogen) atoms. The van der Waals surface area contributed by atoms with Gasteiger partial charge in [0.25, 0.3) is 11.8 Å². The highest BCUT2D eigenvalue weighted by molar-refractivity contribution is 6.31. The molecule has 0 atom stereocenters. The number of rotatable bonds is 5. The lowest BCUT2D eigenvalue weighted by molar-refractivity contribution is -0.137. The van der Waals surface area contributed by atoms with Crippen molar-refractivity contribution in [2.45, 2.75) is 25.6 Å². The summed E-state index contributed by atoms with van der Waals surface area (Å²) in [5.74, 6) is -0.446. The van der Waals surface area contributed by atoms with Crippen LogP contribution in [0.25, 0.3) is 11.0 Å². The molecule has 0 spiro atoms. The number of hydrogen-bond donors (Lipinski definition) is 2. The van der Waals surface area contributed by atoms with Gasteiger partial charge in [-0.1, -0.05) is 29.8 Å². The first kappa shape index (κ1) is 23.9. The maximum absolute atomic E-state index is 12.9. The molecular weight excluding hydrogens is 499 g/mol. The molecule has 0 saturated carbocycles. The number of para-hydroxylation sites is 1. The lowest BCUT2D eigenvalue weighted by Gasteiger charge is -2.26. The highest BCUT2D eigenvalue weighted by atomic mass is 35.5. The van der Waals surface area contributed by atoms with Crippen LogP contribution < -0.4 is 5.32 Å². The number of halogens is 4. The molecule has 3 aromatic heterocycles. The summed E-state index contributed by atoms with van der Waals surface area (Å²) in [4.78, 5) is 31.0. The fourth-order valence-electron chi connectivity index (χ4n) is 4.11. The number of nitrogens with zero attached hydrogens (tertiary/aromatic N) is 3. The van der Waals surface area contributed by atoms with Crippen LogP contribution in [0.15, 0.2) is 47.0 Å². The Morgan fingerprint density at radius 1 is 1.22 bits per heavy atom. The van der Waals surface area contributed by atoms with E-state index in [1.54, 1.807) is 17.0 Å². The van der Waals surface area contributed by atoms with Gasteiger partial charge in [-0.2, -0.15) is 18.3 Å². The number of alkyl halides is 3. The first-order chi connectivity index (χ1) is 17.2. The van der Waals surface area contributed by atoms with E-state index in [1.165, 1.54) is 0 Å². The van der Waals surface area contributed by atoms with E-state index in [1.807, 2.05) is 18.2 Å². The Bertz CT molecular complexity index is 1430. The number of carbonyl (C=O) groups is 2. The summed E-state index contributed by atoms with van der Waals surface area (Å²) >= 11 is 5.92. The fourth-order valence-corrected chi connectivity index (χ4v) is 4.37. The van der Waals surface area contributed by atoms with Crippen molar-refractivity contribution >= 4 is 34.4 Å². The van der Waals surface area contributed by atoms with Gasteiger partial charge in [-0.05, 0) is 24.6 Å². The van der Waals surface area contributed by atoms with Gasteiger partial charge in [0.1, 0.15) is 5.58 Å². The molecule has 12 heteroatoms. The molecular formula is C24H19ClF3N5O3. The van der Waals surface area contributed by atoms with E-state index in [0.717, 1.165) is 11.5 Å². The number of fused-ring (bicyclic) bond motifs is 2. The van der Waals surface area contributed by atoms with Crippen LogP contribution in [-0.4, -0.2) is 45.0 Å². The van der Waals surface area contributed by atoms with Crippen LogP contribution in [0.4, 0.5) is 13.2 Å². The number of carbonyl (C=O) groups excluding carboxylic acids is 2.